The molecule has 2 aromatic rings. The van der Waals surface area contributed by atoms with E-state index in [-0.39, 0.29) is 11.7 Å². The number of ketones is 1. The van der Waals surface area contributed by atoms with Crippen LogP contribution in [-0.2, 0) is 0 Å². The molecule has 2 rings (SSSR count). The molecule has 0 amide bonds. The van der Waals surface area contributed by atoms with Gasteiger partial charge in [-0.2, -0.15) is 0 Å². The Morgan fingerprint density at radius 1 is 0.966 bits per heavy atom. The maximum atomic E-state index is 13.2. The molecular formula is C26H37NO2. The van der Waals surface area contributed by atoms with Gasteiger partial charge in [-0.25, -0.2) is 0 Å². The topological polar surface area (TPSA) is 29.5 Å². The van der Waals surface area contributed by atoms with Crippen molar-refractivity contribution in [2.45, 2.75) is 72.9 Å². The zero-order chi connectivity index (χ0) is 21.6. The van der Waals surface area contributed by atoms with Gasteiger partial charge >= 0.3 is 0 Å². The van der Waals surface area contributed by atoms with E-state index >= 15 is 0 Å². The molecule has 158 valence electrons. The number of ether oxygens (including phenoxy) is 1. The zero-order valence-corrected chi connectivity index (χ0v) is 19.2. The Morgan fingerprint density at radius 3 is 2.00 bits per heavy atom. The van der Waals surface area contributed by atoms with Gasteiger partial charge in [0.05, 0.1) is 0 Å². The van der Waals surface area contributed by atoms with E-state index < -0.39 is 0 Å². The highest BCUT2D eigenvalue weighted by Gasteiger charge is 2.22. The molecule has 0 N–H and O–H groups in total. The van der Waals surface area contributed by atoms with Gasteiger partial charge in [0, 0.05) is 30.1 Å². The standard InChI is InChI=1S/C26H37NO2/c1-8-24(22-12-10-9-11-13-22)25(28)23-16-20(6)26(21(7)17-23)29-15-14-27(18(2)3)19(4)5/h9-13,16-19,24H,8,14-15H2,1-7H3. The lowest BCUT2D eigenvalue weighted by atomic mass is 9.87. The maximum absolute atomic E-state index is 13.2. The first-order valence-corrected chi connectivity index (χ1v) is 10.8. The monoisotopic (exact) mass is 395 g/mol. The van der Waals surface area contributed by atoms with E-state index in [1.165, 1.54) is 0 Å². The van der Waals surface area contributed by atoms with Crippen molar-refractivity contribution < 1.29 is 9.53 Å². The molecule has 0 fully saturated rings. The molecule has 0 heterocycles. The number of rotatable bonds is 10. The Hall–Kier alpha value is -2.13. The summed E-state index contributed by atoms with van der Waals surface area (Å²) in [5, 5.41) is 0. The third-order valence-corrected chi connectivity index (χ3v) is 5.59. The Balaban J connectivity index is 2.15. The minimum Gasteiger partial charge on any atom is -0.492 e. The Kier molecular flexibility index (Phi) is 8.45. The van der Waals surface area contributed by atoms with Crippen molar-refractivity contribution in [2.24, 2.45) is 0 Å². The summed E-state index contributed by atoms with van der Waals surface area (Å²) >= 11 is 0. The second kappa shape index (κ2) is 10.6. The second-order valence-corrected chi connectivity index (χ2v) is 8.45. The first-order valence-electron chi connectivity index (χ1n) is 10.8. The molecule has 0 bridgehead atoms. The molecule has 0 aliphatic heterocycles. The average molecular weight is 396 g/mol. The molecule has 0 spiro atoms. The number of benzene rings is 2. The minimum absolute atomic E-state index is 0.104. The number of carbonyl (C=O) groups is 1. The third kappa shape index (κ3) is 5.93. The molecule has 1 atom stereocenters. The quantitative estimate of drug-likeness (QED) is 0.450. The predicted octanol–water partition coefficient (Wildman–Crippen LogP) is 6.18. The highest BCUT2D eigenvalue weighted by molar-refractivity contribution is 6.01. The van der Waals surface area contributed by atoms with Crippen LogP contribution in [0.3, 0.4) is 0 Å². The lowest BCUT2D eigenvalue weighted by Gasteiger charge is -2.30. The van der Waals surface area contributed by atoms with E-state index in [4.69, 9.17) is 4.74 Å². The summed E-state index contributed by atoms with van der Waals surface area (Å²) in [7, 11) is 0. The summed E-state index contributed by atoms with van der Waals surface area (Å²) in [6.45, 7) is 16.5. The highest BCUT2D eigenvalue weighted by atomic mass is 16.5. The maximum Gasteiger partial charge on any atom is 0.170 e. The molecule has 1 unspecified atom stereocenters. The van der Waals surface area contributed by atoms with E-state index in [0.29, 0.717) is 18.7 Å². The summed E-state index contributed by atoms with van der Waals surface area (Å²) in [6, 6.07) is 15.0. The number of nitrogens with zero attached hydrogens (tertiary/aromatic N) is 1. The van der Waals surface area contributed by atoms with Gasteiger partial charge in [-0.1, -0.05) is 37.3 Å². The largest absolute Gasteiger partial charge is 0.492 e. The van der Waals surface area contributed by atoms with Gasteiger partial charge in [0.15, 0.2) is 5.78 Å². The van der Waals surface area contributed by atoms with Gasteiger partial charge in [-0.15, -0.1) is 0 Å². The van der Waals surface area contributed by atoms with Gasteiger partial charge in [-0.3, -0.25) is 9.69 Å². The van der Waals surface area contributed by atoms with Gasteiger partial charge in [-0.05, 0) is 76.8 Å². The van der Waals surface area contributed by atoms with Crippen LogP contribution in [0.4, 0.5) is 0 Å². The molecule has 2 aromatic carbocycles. The van der Waals surface area contributed by atoms with Gasteiger partial charge in [0.1, 0.15) is 12.4 Å². The number of carbonyl (C=O) groups excluding carboxylic acids is 1. The lowest BCUT2D eigenvalue weighted by molar-refractivity contribution is 0.0957. The van der Waals surface area contributed by atoms with Crippen LogP contribution in [0.2, 0.25) is 0 Å². The normalized spacial score (nSPS) is 12.6. The van der Waals surface area contributed by atoms with Crippen molar-refractivity contribution in [3.8, 4) is 5.75 Å². The fraction of sp³-hybridized carbons (Fsp3) is 0.500. The fourth-order valence-corrected chi connectivity index (χ4v) is 4.15. The molecule has 3 heteroatoms. The highest BCUT2D eigenvalue weighted by Crippen LogP contribution is 2.29. The summed E-state index contributed by atoms with van der Waals surface area (Å²) in [5.74, 6) is 0.983. The third-order valence-electron chi connectivity index (χ3n) is 5.59. The van der Waals surface area contributed by atoms with E-state index in [1.54, 1.807) is 0 Å². The summed E-state index contributed by atoms with van der Waals surface area (Å²) in [5.41, 5.74) is 3.90. The van der Waals surface area contributed by atoms with Crippen molar-refractivity contribution in [3.05, 3.63) is 64.7 Å². The molecule has 0 saturated carbocycles. The van der Waals surface area contributed by atoms with E-state index in [0.717, 1.165) is 41.0 Å². The van der Waals surface area contributed by atoms with Crippen LogP contribution in [0.5, 0.6) is 5.75 Å². The SMILES string of the molecule is CCC(C(=O)c1cc(C)c(OCCN(C(C)C)C(C)C)c(C)c1)c1ccccc1. The average Bonchev–Trinajstić information content (AvgIpc) is 2.67. The van der Waals surface area contributed by atoms with Crippen LogP contribution in [0, 0.1) is 13.8 Å². The lowest BCUT2D eigenvalue weighted by Crippen LogP contribution is -2.39. The van der Waals surface area contributed by atoms with Crippen LogP contribution in [0.1, 0.15) is 74.0 Å². The Bertz CT molecular complexity index is 765. The van der Waals surface area contributed by atoms with Crippen LogP contribution in [-0.4, -0.2) is 35.9 Å². The van der Waals surface area contributed by atoms with Crippen molar-refractivity contribution >= 4 is 5.78 Å². The van der Waals surface area contributed by atoms with Gasteiger partial charge < -0.3 is 4.74 Å². The first-order chi connectivity index (χ1) is 13.8. The number of hydrogen-bond acceptors (Lipinski definition) is 3. The summed E-state index contributed by atoms with van der Waals surface area (Å²) in [4.78, 5) is 15.6. The Morgan fingerprint density at radius 2 is 1.52 bits per heavy atom. The second-order valence-electron chi connectivity index (χ2n) is 8.45. The molecule has 0 aromatic heterocycles. The van der Waals surface area contributed by atoms with Gasteiger partial charge in [0.25, 0.3) is 0 Å². The molecule has 0 aliphatic rings. The van der Waals surface area contributed by atoms with Crippen molar-refractivity contribution in [1.82, 2.24) is 4.90 Å². The molecule has 29 heavy (non-hydrogen) atoms. The summed E-state index contributed by atoms with van der Waals surface area (Å²) < 4.78 is 6.15. The Labute approximate surface area is 177 Å². The predicted molar refractivity (Wildman–Crippen MR) is 122 cm³/mol. The molecule has 0 aliphatic carbocycles. The van der Waals surface area contributed by atoms with Crippen molar-refractivity contribution in [2.75, 3.05) is 13.2 Å². The van der Waals surface area contributed by atoms with Crippen molar-refractivity contribution in [1.29, 1.82) is 0 Å². The summed E-state index contributed by atoms with van der Waals surface area (Å²) in [6.07, 6.45) is 0.791. The first kappa shape index (κ1) is 23.2. The van der Waals surface area contributed by atoms with Gasteiger partial charge in [0.2, 0.25) is 0 Å². The zero-order valence-electron chi connectivity index (χ0n) is 19.2. The van der Waals surface area contributed by atoms with Crippen LogP contribution in [0.25, 0.3) is 0 Å². The number of aryl methyl sites for hydroxylation is 2. The minimum atomic E-state index is -0.104. The van der Waals surface area contributed by atoms with E-state index in [1.807, 2.05) is 56.3 Å². The number of hydrogen-bond donors (Lipinski definition) is 0. The van der Waals surface area contributed by atoms with Crippen LogP contribution in [0.15, 0.2) is 42.5 Å². The fourth-order valence-electron chi connectivity index (χ4n) is 4.15. The molecule has 0 saturated heterocycles. The van der Waals surface area contributed by atoms with Crippen LogP contribution < -0.4 is 4.74 Å². The smallest absolute Gasteiger partial charge is 0.170 e. The molecule has 3 nitrogen and oxygen atoms in total. The molecule has 0 radical (unpaired) electrons. The van der Waals surface area contributed by atoms with Crippen molar-refractivity contribution in [3.63, 3.8) is 0 Å². The van der Waals surface area contributed by atoms with E-state index in [2.05, 4.69) is 39.5 Å². The molecular weight excluding hydrogens is 358 g/mol. The number of Topliss-reactive ketones (excluding diaryl/α,β-unsaturated/α-hetero) is 1. The van der Waals surface area contributed by atoms with E-state index in [9.17, 15) is 4.79 Å². The van der Waals surface area contributed by atoms with Crippen LogP contribution >= 0.6 is 0 Å².